The number of hydrogen-bond acceptors (Lipinski definition) is 8. The maximum Gasteiger partial charge on any atom is 2.00 e. The molecule has 0 aliphatic heterocycles. The molecule has 0 saturated heterocycles. The van der Waals surface area contributed by atoms with Gasteiger partial charge in [-0.05, 0) is 48.5 Å². The maximum absolute atomic E-state index is 11.2. The summed E-state index contributed by atoms with van der Waals surface area (Å²) in [4.78, 5) is 37.8. The van der Waals surface area contributed by atoms with Crippen molar-refractivity contribution in [2.24, 2.45) is 9.98 Å². The largest absolute Gasteiger partial charge is 2.00 e. The minimum absolute atomic E-state index is 0. The number of hydrogen-bond donors (Lipinski definition) is 2. The minimum Gasteiger partial charge on any atom is -0.872 e. The minimum atomic E-state index is -1.25. The number of nitrogens with zero attached hydrogens (tertiary/aromatic N) is 4. The monoisotopic (exact) mass is 614 g/mol. The molecular weight excluding hydrogens is 587 g/mol. The average Bonchev–Trinajstić information content (AvgIpc) is 2.89. The molecule has 0 bridgehead atoms. The summed E-state index contributed by atoms with van der Waals surface area (Å²) in [5.74, 6) is -3.57. The number of aliphatic imine (C=N–C) groups is 2. The Balaban J connectivity index is -0.000000628. The van der Waals surface area contributed by atoms with Gasteiger partial charge in [0.05, 0.1) is 46.3 Å². The third-order valence-electron chi connectivity index (χ3n) is 4.45. The zero-order valence-corrected chi connectivity index (χ0v) is 22.0. The maximum atomic E-state index is 11.2. The number of carboxylic acid groups (broad SMARTS) is 2. The van der Waals surface area contributed by atoms with Crippen molar-refractivity contribution in [2.75, 3.05) is 0 Å². The number of carbonyl (C=O) groups is 2. The molecular formula is C26H28N4NiO10+2. The summed E-state index contributed by atoms with van der Waals surface area (Å²) >= 11 is 0. The van der Waals surface area contributed by atoms with Gasteiger partial charge in [0.1, 0.15) is 0 Å². The predicted octanol–water partition coefficient (Wildman–Crippen LogP) is -0.288. The summed E-state index contributed by atoms with van der Waals surface area (Å²) in [7, 11) is 0. The van der Waals surface area contributed by atoms with Crippen LogP contribution in [0.3, 0.4) is 0 Å². The number of pyridine rings is 2. The van der Waals surface area contributed by atoms with Gasteiger partial charge in [0.25, 0.3) is 0 Å². The molecule has 41 heavy (non-hydrogen) atoms. The molecule has 2 aromatic heterocycles. The van der Waals surface area contributed by atoms with Gasteiger partial charge in [-0.2, -0.15) is 0 Å². The van der Waals surface area contributed by atoms with Crippen molar-refractivity contribution in [2.45, 2.75) is 0 Å². The van der Waals surface area contributed by atoms with Crippen molar-refractivity contribution in [3.8, 4) is 11.5 Å². The normalized spacial score (nSPS) is 9.37. The quantitative estimate of drug-likeness (QED) is 0.165. The fraction of sp³-hybridized carbons (Fsp3) is 0. The molecule has 0 spiro atoms. The second kappa shape index (κ2) is 19.9. The van der Waals surface area contributed by atoms with Crippen molar-refractivity contribution in [1.29, 1.82) is 0 Å². The first-order chi connectivity index (χ1) is 17.3. The molecule has 220 valence electrons. The Labute approximate surface area is 243 Å². The molecule has 0 radical (unpaired) electrons. The molecule has 0 unspecified atom stereocenters. The fourth-order valence-corrected chi connectivity index (χ4v) is 2.72. The van der Waals surface area contributed by atoms with Gasteiger partial charge in [0, 0.05) is 12.4 Å². The number of aromatic carboxylic acids is 2. The van der Waals surface area contributed by atoms with E-state index in [0.717, 1.165) is 0 Å². The predicted molar refractivity (Wildman–Crippen MR) is 146 cm³/mol. The molecule has 2 aromatic carbocycles. The van der Waals surface area contributed by atoms with Crippen LogP contribution in [0.15, 0.2) is 95.2 Å². The zero-order valence-electron chi connectivity index (χ0n) is 21.0. The summed E-state index contributed by atoms with van der Waals surface area (Å²) in [6.07, 6.45) is 6.27. The van der Waals surface area contributed by atoms with E-state index in [0.29, 0.717) is 22.8 Å². The SMILES string of the molecule is O.O.O=C(O)c1cc(N=Cc2ccccn2)ccc1[O-].O=C(O)c1cc(N=Cc2ccccn2)ccc1[O-].[Ni+2].[OH3+].[OH3+]. The van der Waals surface area contributed by atoms with E-state index in [1.165, 1.54) is 48.8 Å². The standard InChI is InChI=1S/2C13H10N2O3.Ni.4H2O/c2*16-12-5-4-9(7-11(12)13(17)18)15-8-10-3-1-2-6-14-10;;;;;/h2*1-8,16H,(H,17,18);;4*1H2/q;;+2;;;;. The van der Waals surface area contributed by atoms with Gasteiger partial charge in [0.2, 0.25) is 0 Å². The molecule has 4 rings (SSSR count). The second-order valence-electron chi connectivity index (χ2n) is 7.00. The Bertz CT molecular complexity index is 1310. The molecule has 0 aliphatic carbocycles. The van der Waals surface area contributed by atoms with Crippen molar-refractivity contribution in [3.63, 3.8) is 0 Å². The number of aromatic nitrogens is 2. The first kappa shape index (κ1) is 40.5. The van der Waals surface area contributed by atoms with Crippen LogP contribution in [-0.4, -0.2) is 55.5 Å². The number of rotatable bonds is 6. The van der Waals surface area contributed by atoms with Crippen LogP contribution in [-0.2, 0) is 27.4 Å². The van der Waals surface area contributed by atoms with Gasteiger partial charge in [-0.25, -0.2) is 9.59 Å². The van der Waals surface area contributed by atoms with Gasteiger partial charge in [-0.15, -0.1) is 0 Å². The third-order valence-corrected chi connectivity index (χ3v) is 4.45. The number of carboxylic acids is 2. The van der Waals surface area contributed by atoms with Crippen molar-refractivity contribution in [3.05, 3.63) is 108 Å². The van der Waals surface area contributed by atoms with Gasteiger partial charge < -0.3 is 42.3 Å². The zero-order chi connectivity index (χ0) is 25.9. The van der Waals surface area contributed by atoms with Crippen molar-refractivity contribution >= 4 is 35.7 Å². The smallest absolute Gasteiger partial charge is 0.872 e. The number of benzene rings is 2. The first-order valence-electron chi connectivity index (χ1n) is 10.3. The van der Waals surface area contributed by atoms with E-state index in [9.17, 15) is 19.8 Å². The molecule has 0 amide bonds. The average molecular weight is 615 g/mol. The molecule has 0 fully saturated rings. The van der Waals surface area contributed by atoms with Gasteiger partial charge in [0.15, 0.2) is 0 Å². The first-order valence-corrected chi connectivity index (χ1v) is 10.3. The molecule has 12 N–H and O–H groups in total. The van der Waals surface area contributed by atoms with Crippen LogP contribution in [0.25, 0.3) is 0 Å². The Hall–Kier alpha value is -5.05. The van der Waals surface area contributed by atoms with Crippen molar-refractivity contribution < 1.29 is 68.4 Å². The van der Waals surface area contributed by atoms with E-state index >= 15 is 0 Å². The van der Waals surface area contributed by atoms with Gasteiger partial charge in [-0.3, -0.25) is 20.0 Å². The molecule has 0 saturated carbocycles. The van der Waals surface area contributed by atoms with Crippen LogP contribution in [0.1, 0.15) is 32.1 Å². The molecule has 15 heteroatoms. The van der Waals surface area contributed by atoms with Crippen LogP contribution in [0.4, 0.5) is 11.4 Å². The molecule has 0 aliphatic rings. The third kappa shape index (κ3) is 12.6. The van der Waals surface area contributed by atoms with Crippen LogP contribution in [0.5, 0.6) is 11.5 Å². The molecule has 4 aromatic rings. The Kier molecular flexibility index (Phi) is 19.7. The Morgan fingerprint density at radius 2 is 1.02 bits per heavy atom. The van der Waals surface area contributed by atoms with Crippen molar-refractivity contribution in [1.82, 2.24) is 9.97 Å². The fourth-order valence-electron chi connectivity index (χ4n) is 2.72. The summed E-state index contributed by atoms with van der Waals surface area (Å²) in [5, 5.41) is 40.1. The molecule has 0 atom stereocenters. The summed E-state index contributed by atoms with van der Waals surface area (Å²) in [5.41, 5.74) is 1.53. The van der Waals surface area contributed by atoms with Crippen LogP contribution in [0, 0.1) is 0 Å². The van der Waals surface area contributed by atoms with E-state index < -0.39 is 23.4 Å². The van der Waals surface area contributed by atoms with Crippen LogP contribution >= 0.6 is 0 Å². The van der Waals surface area contributed by atoms with Gasteiger partial charge >= 0.3 is 28.4 Å². The Morgan fingerprint density at radius 1 is 0.659 bits per heavy atom. The van der Waals surface area contributed by atoms with E-state index in [4.69, 9.17) is 10.2 Å². The van der Waals surface area contributed by atoms with E-state index in [2.05, 4.69) is 20.0 Å². The van der Waals surface area contributed by atoms with E-state index in [1.54, 1.807) is 36.7 Å². The molecule has 14 nitrogen and oxygen atoms in total. The van der Waals surface area contributed by atoms with Gasteiger partial charge in [-0.1, -0.05) is 35.8 Å². The van der Waals surface area contributed by atoms with Crippen LogP contribution in [0.2, 0.25) is 0 Å². The summed E-state index contributed by atoms with van der Waals surface area (Å²) in [6, 6.07) is 18.5. The Morgan fingerprint density at radius 3 is 1.32 bits per heavy atom. The van der Waals surface area contributed by atoms with E-state index in [-0.39, 0.29) is 49.5 Å². The summed E-state index contributed by atoms with van der Waals surface area (Å²) in [6.45, 7) is 0. The molecule has 2 heterocycles. The second-order valence-corrected chi connectivity index (χ2v) is 7.00. The topological polar surface area (TPSA) is 300 Å². The summed E-state index contributed by atoms with van der Waals surface area (Å²) < 4.78 is 0. The van der Waals surface area contributed by atoms with Crippen LogP contribution < -0.4 is 10.2 Å². The van der Waals surface area contributed by atoms with E-state index in [1.807, 2.05) is 12.1 Å².